The predicted molar refractivity (Wildman–Crippen MR) is 83.3 cm³/mol. The van der Waals surface area contributed by atoms with E-state index < -0.39 is 0 Å². The van der Waals surface area contributed by atoms with Crippen LogP contribution < -0.4 is 16.4 Å². The number of carbonyl (C=O) groups is 2. The first kappa shape index (κ1) is 14.6. The quantitative estimate of drug-likeness (QED) is 0.784. The Labute approximate surface area is 123 Å². The van der Waals surface area contributed by atoms with Crippen LogP contribution in [0.5, 0.6) is 0 Å². The maximum Gasteiger partial charge on any atom is 0.257 e. The molecule has 0 radical (unpaired) electrons. The van der Waals surface area contributed by atoms with Gasteiger partial charge in [0, 0.05) is 18.4 Å². The van der Waals surface area contributed by atoms with Crippen LogP contribution >= 0.6 is 0 Å². The van der Waals surface area contributed by atoms with Crippen molar-refractivity contribution < 1.29 is 9.59 Å². The topological polar surface area (TPSA) is 84.2 Å². The highest BCUT2D eigenvalue weighted by Gasteiger charge is 2.10. The van der Waals surface area contributed by atoms with E-state index in [2.05, 4.69) is 10.6 Å². The zero-order valence-electron chi connectivity index (χ0n) is 11.7. The molecule has 0 aliphatic rings. The number of hydrogen-bond acceptors (Lipinski definition) is 3. The third-order valence-corrected chi connectivity index (χ3v) is 3.03. The van der Waals surface area contributed by atoms with Crippen LogP contribution in [0.15, 0.2) is 48.5 Å². The largest absolute Gasteiger partial charge is 0.387 e. The second-order valence-corrected chi connectivity index (χ2v) is 4.59. The normalized spacial score (nSPS) is 9.95. The second kappa shape index (κ2) is 6.56. The summed E-state index contributed by atoms with van der Waals surface area (Å²) in [5, 5.41) is 5.80. The molecule has 2 rings (SSSR count). The number of amides is 2. The summed E-state index contributed by atoms with van der Waals surface area (Å²) < 4.78 is 0. The summed E-state index contributed by atoms with van der Waals surface area (Å²) in [4.78, 5) is 23.1. The van der Waals surface area contributed by atoms with Crippen LogP contribution in [-0.2, 0) is 11.2 Å². The fourth-order valence-electron chi connectivity index (χ4n) is 2.00. The van der Waals surface area contributed by atoms with Crippen molar-refractivity contribution in [3.63, 3.8) is 0 Å². The van der Waals surface area contributed by atoms with Gasteiger partial charge in [-0.15, -0.1) is 0 Å². The highest BCUT2D eigenvalue weighted by atomic mass is 16.2. The Balaban J connectivity index is 2.10. The SMILES string of the molecule is CNc1ccccc1C(=O)Nc1ccc(CC(N)=O)cc1. The third kappa shape index (κ3) is 3.82. The predicted octanol–water partition coefficient (Wildman–Crippen LogP) is 2.01. The molecule has 2 aromatic rings. The Kier molecular flexibility index (Phi) is 4.56. The van der Waals surface area contributed by atoms with Gasteiger partial charge in [-0.1, -0.05) is 24.3 Å². The monoisotopic (exact) mass is 283 g/mol. The molecular weight excluding hydrogens is 266 g/mol. The molecule has 5 nitrogen and oxygen atoms in total. The van der Waals surface area contributed by atoms with E-state index in [4.69, 9.17) is 5.73 Å². The molecule has 2 amide bonds. The number of anilines is 2. The van der Waals surface area contributed by atoms with Gasteiger partial charge in [0.25, 0.3) is 5.91 Å². The first-order valence-corrected chi connectivity index (χ1v) is 6.55. The number of nitrogens with one attached hydrogen (secondary N) is 2. The Morgan fingerprint density at radius 3 is 2.33 bits per heavy atom. The minimum atomic E-state index is -0.380. The fraction of sp³-hybridized carbons (Fsp3) is 0.125. The van der Waals surface area contributed by atoms with Crippen LogP contribution in [0.4, 0.5) is 11.4 Å². The van der Waals surface area contributed by atoms with Crippen LogP contribution in [0, 0.1) is 0 Å². The third-order valence-electron chi connectivity index (χ3n) is 3.03. The van der Waals surface area contributed by atoms with Crippen molar-refractivity contribution in [2.75, 3.05) is 17.7 Å². The minimum absolute atomic E-state index is 0.191. The summed E-state index contributed by atoms with van der Waals surface area (Å²) in [5.41, 5.74) is 7.95. The van der Waals surface area contributed by atoms with Crippen LogP contribution in [0.3, 0.4) is 0 Å². The van der Waals surface area contributed by atoms with Crippen molar-refractivity contribution in [3.8, 4) is 0 Å². The molecule has 108 valence electrons. The van der Waals surface area contributed by atoms with Crippen LogP contribution in [0.2, 0.25) is 0 Å². The summed E-state index contributed by atoms with van der Waals surface area (Å²) in [6.45, 7) is 0. The molecule has 0 saturated heterocycles. The van der Waals surface area contributed by atoms with E-state index in [0.717, 1.165) is 11.3 Å². The molecule has 2 aromatic carbocycles. The first-order valence-electron chi connectivity index (χ1n) is 6.55. The first-order chi connectivity index (χ1) is 10.1. The Bertz CT molecular complexity index is 651. The van der Waals surface area contributed by atoms with Gasteiger partial charge in [-0.25, -0.2) is 0 Å². The molecular formula is C16H17N3O2. The number of nitrogens with two attached hydrogens (primary N) is 1. The van der Waals surface area contributed by atoms with Gasteiger partial charge in [0.2, 0.25) is 5.91 Å². The Morgan fingerprint density at radius 2 is 1.71 bits per heavy atom. The summed E-state index contributed by atoms with van der Waals surface area (Å²) in [7, 11) is 1.77. The van der Waals surface area contributed by atoms with E-state index in [1.807, 2.05) is 18.2 Å². The lowest BCUT2D eigenvalue weighted by Gasteiger charge is -2.10. The highest BCUT2D eigenvalue weighted by Crippen LogP contribution is 2.17. The Morgan fingerprint density at radius 1 is 1.05 bits per heavy atom. The van der Waals surface area contributed by atoms with Gasteiger partial charge in [-0.05, 0) is 29.8 Å². The van der Waals surface area contributed by atoms with Gasteiger partial charge in [-0.2, -0.15) is 0 Å². The van der Waals surface area contributed by atoms with Gasteiger partial charge in [0.1, 0.15) is 0 Å². The molecule has 0 heterocycles. The highest BCUT2D eigenvalue weighted by molar-refractivity contribution is 6.08. The average Bonchev–Trinajstić information content (AvgIpc) is 2.48. The molecule has 21 heavy (non-hydrogen) atoms. The molecule has 0 atom stereocenters. The van der Waals surface area contributed by atoms with Crippen LogP contribution in [0.25, 0.3) is 0 Å². The molecule has 0 aliphatic carbocycles. The molecule has 0 aliphatic heterocycles. The molecule has 0 fully saturated rings. The maximum atomic E-state index is 12.2. The number of hydrogen-bond donors (Lipinski definition) is 3. The standard InChI is InChI=1S/C16H17N3O2/c1-18-14-5-3-2-4-13(14)16(21)19-12-8-6-11(7-9-12)10-15(17)20/h2-9,18H,10H2,1H3,(H2,17,20)(H,19,21). The van der Waals surface area contributed by atoms with Crippen molar-refractivity contribution in [2.24, 2.45) is 5.73 Å². The van der Waals surface area contributed by atoms with Crippen molar-refractivity contribution in [1.29, 1.82) is 0 Å². The van der Waals surface area contributed by atoms with Gasteiger partial charge >= 0.3 is 0 Å². The average molecular weight is 283 g/mol. The van der Waals surface area contributed by atoms with E-state index in [0.29, 0.717) is 11.3 Å². The molecule has 0 saturated carbocycles. The number of para-hydroxylation sites is 1. The van der Waals surface area contributed by atoms with Gasteiger partial charge in [0.15, 0.2) is 0 Å². The van der Waals surface area contributed by atoms with E-state index in [9.17, 15) is 9.59 Å². The van der Waals surface area contributed by atoms with Crippen molar-refractivity contribution >= 4 is 23.2 Å². The van der Waals surface area contributed by atoms with Crippen LogP contribution in [-0.4, -0.2) is 18.9 Å². The summed E-state index contributed by atoms with van der Waals surface area (Å²) in [6.07, 6.45) is 0.191. The number of carbonyl (C=O) groups excluding carboxylic acids is 2. The second-order valence-electron chi connectivity index (χ2n) is 4.59. The Hall–Kier alpha value is -2.82. The van der Waals surface area contributed by atoms with Gasteiger partial charge in [0.05, 0.1) is 12.0 Å². The molecule has 0 spiro atoms. The lowest BCUT2D eigenvalue weighted by molar-refractivity contribution is -0.117. The van der Waals surface area contributed by atoms with E-state index in [1.165, 1.54) is 0 Å². The summed E-state index contributed by atoms with van der Waals surface area (Å²) >= 11 is 0. The van der Waals surface area contributed by atoms with Crippen molar-refractivity contribution in [2.45, 2.75) is 6.42 Å². The molecule has 0 aromatic heterocycles. The van der Waals surface area contributed by atoms with Crippen LogP contribution in [0.1, 0.15) is 15.9 Å². The number of rotatable bonds is 5. The van der Waals surface area contributed by atoms with Crippen molar-refractivity contribution in [1.82, 2.24) is 0 Å². The maximum absolute atomic E-state index is 12.2. The molecule has 5 heteroatoms. The zero-order chi connectivity index (χ0) is 15.2. The number of benzene rings is 2. The smallest absolute Gasteiger partial charge is 0.257 e. The van der Waals surface area contributed by atoms with E-state index in [1.54, 1.807) is 37.4 Å². The fourth-order valence-corrected chi connectivity index (χ4v) is 2.00. The molecule has 0 unspecified atom stereocenters. The van der Waals surface area contributed by atoms with Gasteiger partial charge in [-0.3, -0.25) is 9.59 Å². The summed E-state index contributed by atoms with van der Waals surface area (Å²) in [5.74, 6) is -0.572. The molecule has 4 N–H and O–H groups in total. The minimum Gasteiger partial charge on any atom is -0.387 e. The number of primary amides is 1. The molecule has 0 bridgehead atoms. The zero-order valence-corrected chi connectivity index (χ0v) is 11.7. The van der Waals surface area contributed by atoms with Gasteiger partial charge < -0.3 is 16.4 Å². The lowest BCUT2D eigenvalue weighted by atomic mass is 10.1. The summed E-state index contributed by atoms with van der Waals surface area (Å²) in [6, 6.07) is 14.3. The van der Waals surface area contributed by atoms with Crippen molar-refractivity contribution in [3.05, 3.63) is 59.7 Å². The van der Waals surface area contributed by atoms with E-state index in [-0.39, 0.29) is 18.2 Å². The lowest BCUT2D eigenvalue weighted by Crippen LogP contribution is -2.15. The van der Waals surface area contributed by atoms with E-state index >= 15 is 0 Å².